The molecule has 1 aliphatic heterocycles. The van der Waals surface area contributed by atoms with Crippen LogP contribution in [0.3, 0.4) is 0 Å². The van der Waals surface area contributed by atoms with Gasteiger partial charge in [-0.3, -0.25) is 0 Å². The summed E-state index contributed by atoms with van der Waals surface area (Å²) in [5.41, 5.74) is 7.63. The van der Waals surface area contributed by atoms with E-state index in [0.29, 0.717) is 19.8 Å². The first-order valence-electron chi connectivity index (χ1n) is 5.70. The summed E-state index contributed by atoms with van der Waals surface area (Å²) in [4.78, 5) is 0. The highest BCUT2D eigenvalue weighted by molar-refractivity contribution is 5.25. The predicted octanol–water partition coefficient (Wildman–Crippen LogP) is 1.39. The third-order valence-electron chi connectivity index (χ3n) is 3.51. The zero-order valence-electron chi connectivity index (χ0n) is 9.65. The van der Waals surface area contributed by atoms with E-state index < -0.39 is 6.10 Å². The molecule has 0 radical (unpaired) electrons. The highest BCUT2D eigenvalue weighted by Crippen LogP contribution is 2.40. The monoisotopic (exact) mass is 221 g/mol. The Hall–Kier alpha value is -0.900. The minimum absolute atomic E-state index is 0.296. The van der Waals surface area contributed by atoms with E-state index in [9.17, 15) is 5.11 Å². The van der Waals surface area contributed by atoms with Crippen LogP contribution in [0.4, 0.5) is 0 Å². The molecule has 2 atom stereocenters. The minimum atomic E-state index is -0.527. The van der Waals surface area contributed by atoms with Crippen LogP contribution in [0, 0.1) is 12.3 Å². The van der Waals surface area contributed by atoms with Crippen LogP contribution in [0.2, 0.25) is 0 Å². The fraction of sp³-hybridized carbons (Fsp3) is 0.538. The summed E-state index contributed by atoms with van der Waals surface area (Å²) in [5.74, 6) is 0. The van der Waals surface area contributed by atoms with E-state index in [4.69, 9.17) is 10.5 Å². The van der Waals surface area contributed by atoms with Crippen LogP contribution >= 0.6 is 0 Å². The molecule has 0 saturated carbocycles. The molecular weight excluding hydrogens is 202 g/mol. The highest BCUT2D eigenvalue weighted by Gasteiger charge is 2.41. The second-order valence-corrected chi connectivity index (χ2v) is 4.68. The normalized spacial score (nSPS) is 26.9. The van der Waals surface area contributed by atoms with Gasteiger partial charge < -0.3 is 15.6 Å². The molecule has 0 spiro atoms. The van der Waals surface area contributed by atoms with Gasteiger partial charge in [0, 0.05) is 18.6 Å². The Bertz CT molecular complexity index is 341. The Labute approximate surface area is 96.2 Å². The first-order valence-corrected chi connectivity index (χ1v) is 5.70. The highest BCUT2D eigenvalue weighted by atomic mass is 16.5. The summed E-state index contributed by atoms with van der Waals surface area (Å²) >= 11 is 0. The predicted molar refractivity (Wildman–Crippen MR) is 63.1 cm³/mol. The molecule has 1 aromatic rings. The Morgan fingerprint density at radius 3 is 2.62 bits per heavy atom. The smallest absolute Gasteiger partial charge is 0.0881 e. The van der Waals surface area contributed by atoms with Crippen molar-refractivity contribution in [3.63, 3.8) is 0 Å². The fourth-order valence-corrected chi connectivity index (χ4v) is 2.21. The second kappa shape index (κ2) is 4.53. The van der Waals surface area contributed by atoms with Crippen molar-refractivity contribution in [1.82, 2.24) is 0 Å². The first kappa shape index (κ1) is 11.6. The van der Waals surface area contributed by atoms with Gasteiger partial charge in [-0.15, -0.1) is 0 Å². The summed E-state index contributed by atoms with van der Waals surface area (Å²) in [7, 11) is 0. The average molecular weight is 221 g/mol. The van der Waals surface area contributed by atoms with Gasteiger partial charge in [-0.2, -0.15) is 0 Å². The molecule has 3 heteroatoms. The molecule has 3 nitrogen and oxygen atoms in total. The minimum Gasteiger partial charge on any atom is -0.388 e. The summed E-state index contributed by atoms with van der Waals surface area (Å²) in [6, 6.07) is 7.96. The number of hydrogen-bond acceptors (Lipinski definition) is 3. The van der Waals surface area contributed by atoms with Crippen LogP contribution < -0.4 is 5.73 Å². The van der Waals surface area contributed by atoms with Crippen molar-refractivity contribution in [3.05, 3.63) is 35.4 Å². The molecule has 2 unspecified atom stereocenters. The lowest BCUT2D eigenvalue weighted by molar-refractivity contribution is 0.0191. The zero-order chi connectivity index (χ0) is 11.6. The molecule has 1 aliphatic rings. The Morgan fingerprint density at radius 2 is 2.12 bits per heavy atom. The van der Waals surface area contributed by atoms with E-state index in [1.165, 1.54) is 5.56 Å². The van der Waals surface area contributed by atoms with Crippen LogP contribution in [0.5, 0.6) is 0 Å². The molecular formula is C13H19NO2. The number of benzene rings is 1. The third-order valence-corrected chi connectivity index (χ3v) is 3.51. The van der Waals surface area contributed by atoms with E-state index in [1.807, 2.05) is 31.2 Å². The van der Waals surface area contributed by atoms with Gasteiger partial charge in [0.05, 0.1) is 12.7 Å². The lowest BCUT2D eigenvalue weighted by atomic mass is 9.78. The molecule has 1 saturated heterocycles. The molecule has 0 aromatic heterocycles. The van der Waals surface area contributed by atoms with E-state index in [1.54, 1.807) is 0 Å². The Kier molecular flexibility index (Phi) is 3.28. The summed E-state index contributed by atoms with van der Waals surface area (Å²) in [6.07, 6.45) is 0.305. The largest absolute Gasteiger partial charge is 0.388 e. The quantitative estimate of drug-likeness (QED) is 0.811. The molecule has 16 heavy (non-hydrogen) atoms. The Balaban J connectivity index is 2.23. The average Bonchev–Trinajstić information content (AvgIpc) is 2.79. The number of aliphatic hydroxyl groups excluding tert-OH is 1. The number of aliphatic hydroxyl groups is 1. The third kappa shape index (κ3) is 1.98. The van der Waals surface area contributed by atoms with Crippen molar-refractivity contribution < 1.29 is 9.84 Å². The van der Waals surface area contributed by atoms with Crippen molar-refractivity contribution in [2.24, 2.45) is 11.1 Å². The molecule has 0 amide bonds. The van der Waals surface area contributed by atoms with Gasteiger partial charge >= 0.3 is 0 Å². The number of rotatable bonds is 3. The van der Waals surface area contributed by atoms with Crippen molar-refractivity contribution in [2.45, 2.75) is 19.4 Å². The molecule has 1 heterocycles. The maximum absolute atomic E-state index is 10.4. The fourth-order valence-electron chi connectivity index (χ4n) is 2.21. The lowest BCUT2D eigenvalue weighted by Gasteiger charge is -2.31. The molecule has 0 aliphatic carbocycles. The van der Waals surface area contributed by atoms with Gasteiger partial charge in [0.25, 0.3) is 0 Å². The van der Waals surface area contributed by atoms with Gasteiger partial charge in [-0.05, 0) is 18.9 Å². The number of nitrogens with two attached hydrogens (primary N) is 1. The molecule has 2 rings (SSSR count). The van der Waals surface area contributed by atoms with Crippen LogP contribution in [0.15, 0.2) is 24.3 Å². The van der Waals surface area contributed by atoms with Crippen molar-refractivity contribution in [3.8, 4) is 0 Å². The van der Waals surface area contributed by atoms with Crippen molar-refractivity contribution in [2.75, 3.05) is 19.8 Å². The van der Waals surface area contributed by atoms with Crippen LogP contribution in [-0.4, -0.2) is 24.9 Å². The van der Waals surface area contributed by atoms with Gasteiger partial charge in [0.15, 0.2) is 0 Å². The van der Waals surface area contributed by atoms with E-state index in [2.05, 4.69) is 0 Å². The number of aryl methyl sites for hydroxylation is 1. The van der Waals surface area contributed by atoms with E-state index in [0.717, 1.165) is 12.0 Å². The standard InChI is InChI=1S/C13H19NO2/c1-10-2-4-11(5-3-10)12(15)13(8-14)6-7-16-9-13/h2-5,12,15H,6-9,14H2,1H3. The zero-order valence-corrected chi connectivity index (χ0v) is 9.65. The van der Waals surface area contributed by atoms with Gasteiger partial charge in [-0.1, -0.05) is 29.8 Å². The van der Waals surface area contributed by atoms with E-state index >= 15 is 0 Å². The maximum Gasteiger partial charge on any atom is 0.0881 e. The van der Waals surface area contributed by atoms with Crippen LogP contribution in [0.25, 0.3) is 0 Å². The summed E-state index contributed by atoms with van der Waals surface area (Å²) in [6.45, 7) is 3.74. The van der Waals surface area contributed by atoms with Crippen molar-refractivity contribution >= 4 is 0 Å². The first-order chi connectivity index (χ1) is 7.68. The molecule has 1 aromatic carbocycles. The molecule has 1 fully saturated rings. The lowest BCUT2D eigenvalue weighted by Crippen LogP contribution is -2.37. The molecule has 3 N–H and O–H groups in total. The van der Waals surface area contributed by atoms with Crippen LogP contribution in [-0.2, 0) is 4.74 Å². The Morgan fingerprint density at radius 1 is 1.44 bits per heavy atom. The number of hydrogen-bond donors (Lipinski definition) is 2. The van der Waals surface area contributed by atoms with Gasteiger partial charge in [0.1, 0.15) is 0 Å². The summed E-state index contributed by atoms with van der Waals surface area (Å²) < 4.78 is 5.38. The molecule has 0 bridgehead atoms. The van der Waals surface area contributed by atoms with Gasteiger partial charge in [-0.25, -0.2) is 0 Å². The van der Waals surface area contributed by atoms with Crippen molar-refractivity contribution in [1.29, 1.82) is 0 Å². The number of ether oxygens (including phenoxy) is 1. The molecule has 88 valence electrons. The van der Waals surface area contributed by atoms with E-state index in [-0.39, 0.29) is 5.41 Å². The van der Waals surface area contributed by atoms with Gasteiger partial charge in [0.2, 0.25) is 0 Å². The summed E-state index contributed by atoms with van der Waals surface area (Å²) in [5, 5.41) is 10.4. The SMILES string of the molecule is Cc1ccc(C(O)C2(CN)CCOC2)cc1. The van der Waals surface area contributed by atoms with Crippen LogP contribution in [0.1, 0.15) is 23.7 Å². The maximum atomic E-state index is 10.4. The topological polar surface area (TPSA) is 55.5 Å². The second-order valence-electron chi connectivity index (χ2n) is 4.68.